The van der Waals surface area contributed by atoms with Gasteiger partial charge in [0, 0.05) is 0 Å². The van der Waals surface area contributed by atoms with Crippen LogP contribution in [-0.4, -0.2) is 22.5 Å². The summed E-state index contributed by atoms with van der Waals surface area (Å²) in [6.45, 7) is 0. The molecule has 0 spiro atoms. The van der Waals surface area contributed by atoms with E-state index in [-0.39, 0.29) is 5.56 Å². The number of hydrogen-bond acceptors (Lipinski definition) is 2. The third kappa shape index (κ3) is 2.46. The Kier molecular flexibility index (Phi) is 3.13. The first-order valence-corrected chi connectivity index (χ1v) is 3.90. The predicted molar refractivity (Wildman–Crippen MR) is 43.5 cm³/mol. The first-order chi connectivity index (χ1) is 6.43. The van der Waals surface area contributed by atoms with Crippen molar-refractivity contribution in [2.45, 2.75) is 18.4 Å². The van der Waals surface area contributed by atoms with Crippen molar-refractivity contribution < 1.29 is 23.4 Å². The summed E-state index contributed by atoms with van der Waals surface area (Å²) in [4.78, 5) is 0. The number of aliphatic hydroxyl groups excluding tert-OH is 2. The molecule has 0 radical (unpaired) electrons. The molecule has 78 valence electrons. The van der Waals surface area contributed by atoms with Gasteiger partial charge < -0.3 is 10.2 Å². The lowest BCUT2D eigenvalue weighted by Crippen LogP contribution is -2.34. The van der Waals surface area contributed by atoms with Crippen LogP contribution in [0.5, 0.6) is 0 Å². The molecular formula is C9H9F3O2. The van der Waals surface area contributed by atoms with Crippen LogP contribution < -0.4 is 0 Å². The van der Waals surface area contributed by atoms with Crippen LogP contribution in [0.1, 0.15) is 11.7 Å². The second-order valence-corrected chi connectivity index (χ2v) is 2.84. The molecule has 0 aliphatic carbocycles. The highest BCUT2D eigenvalue weighted by atomic mass is 19.4. The smallest absolute Gasteiger partial charge is 0.385 e. The molecule has 14 heavy (non-hydrogen) atoms. The fourth-order valence-electron chi connectivity index (χ4n) is 1.01. The molecule has 0 unspecified atom stereocenters. The van der Waals surface area contributed by atoms with Gasteiger partial charge >= 0.3 is 6.18 Å². The minimum atomic E-state index is -4.81. The summed E-state index contributed by atoms with van der Waals surface area (Å²) in [7, 11) is 0. The van der Waals surface area contributed by atoms with E-state index in [1.807, 2.05) is 0 Å². The van der Waals surface area contributed by atoms with Crippen LogP contribution in [0.2, 0.25) is 0 Å². The second kappa shape index (κ2) is 3.98. The molecule has 1 aromatic rings. The van der Waals surface area contributed by atoms with Gasteiger partial charge in [-0.25, -0.2) is 0 Å². The molecular weight excluding hydrogens is 197 g/mol. The molecule has 2 nitrogen and oxygen atoms in total. The van der Waals surface area contributed by atoms with Crippen LogP contribution >= 0.6 is 0 Å². The van der Waals surface area contributed by atoms with Crippen molar-refractivity contribution in [2.24, 2.45) is 0 Å². The number of benzene rings is 1. The summed E-state index contributed by atoms with van der Waals surface area (Å²) in [5, 5.41) is 17.9. The average molecular weight is 206 g/mol. The molecule has 2 N–H and O–H groups in total. The maximum Gasteiger partial charge on any atom is 0.417 e. The van der Waals surface area contributed by atoms with Crippen molar-refractivity contribution in [3.05, 3.63) is 35.9 Å². The Labute approximate surface area is 78.6 Å². The zero-order chi connectivity index (χ0) is 10.8. The van der Waals surface area contributed by atoms with Crippen molar-refractivity contribution in [3.63, 3.8) is 0 Å². The fraction of sp³-hybridized carbons (Fsp3) is 0.333. The molecule has 2 atom stereocenters. The Hall–Kier alpha value is -1.07. The Balaban J connectivity index is 2.81. The highest BCUT2D eigenvalue weighted by molar-refractivity contribution is 5.18. The summed E-state index contributed by atoms with van der Waals surface area (Å²) in [5.74, 6) is 0. The van der Waals surface area contributed by atoms with Gasteiger partial charge in [-0.1, -0.05) is 30.3 Å². The van der Waals surface area contributed by atoms with Crippen LogP contribution in [0.4, 0.5) is 13.2 Å². The van der Waals surface area contributed by atoms with Gasteiger partial charge in [0.2, 0.25) is 0 Å². The lowest BCUT2D eigenvalue weighted by molar-refractivity contribution is -0.231. The third-order valence-electron chi connectivity index (χ3n) is 1.78. The first-order valence-electron chi connectivity index (χ1n) is 3.90. The zero-order valence-electron chi connectivity index (χ0n) is 7.07. The van der Waals surface area contributed by atoms with Gasteiger partial charge in [-0.2, -0.15) is 13.2 Å². The lowest BCUT2D eigenvalue weighted by atomic mass is 10.0. The number of alkyl halides is 3. The number of rotatable bonds is 2. The maximum atomic E-state index is 12.0. The van der Waals surface area contributed by atoms with E-state index in [0.717, 1.165) is 0 Å². The van der Waals surface area contributed by atoms with E-state index >= 15 is 0 Å². The lowest BCUT2D eigenvalue weighted by Gasteiger charge is -2.20. The van der Waals surface area contributed by atoms with Crippen molar-refractivity contribution in [1.82, 2.24) is 0 Å². The van der Waals surface area contributed by atoms with Crippen LogP contribution in [-0.2, 0) is 0 Å². The molecule has 0 saturated carbocycles. The van der Waals surface area contributed by atoms with Gasteiger partial charge in [0.1, 0.15) is 6.10 Å². The van der Waals surface area contributed by atoms with E-state index in [1.165, 1.54) is 24.3 Å². The van der Waals surface area contributed by atoms with Crippen molar-refractivity contribution in [2.75, 3.05) is 0 Å². The molecule has 0 saturated heterocycles. The summed E-state index contributed by atoms with van der Waals surface area (Å²) >= 11 is 0. The molecule has 1 aromatic carbocycles. The number of hydrogen-bond donors (Lipinski definition) is 2. The first kappa shape index (κ1) is 11.0. The van der Waals surface area contributed by atoms with Crippen LogP contribution in [0, 0.1) is 0 Å². The fourth-order valence-corrected chi connectivity index (χ4v) is 1.01. The minimum Gasteiger partial charge on any atom is -0.385 e. The summed E-state index contributed by atoms with van der Waals surface area (Å²) in [6, 6.07) is 7.22. The molecule has 0 heterocycles. The van der Waals surface area contributed by atoms with E-state index in [0.29, 0.717) is 0 Å². The molecule has 0 aliphatic rings. The minimum absolute atomic E-state index is 0.0392. The molecule has 0 bridgehead atoms. The largest absolute Gasteiger partial charge is 0.417 e. The van der Waals surface area contributed by atoms with E-state index in [1.54, 1.807) is 6.07 Å². The predicted octanol–water partition coefficient (Wildman–Crippen LogP) is 1.64. The third-order valence-corrected chi connectivity index (χ3v) is 1.78. The zero-order valence-corrected chi connectivity index (χ0v) is 7.07. The van der Waals surface area contributed by atoms with Gasteiger partial charge in [-0.3, -0.25) is 0 Å². The molecule has 5 heteroatoms. The van der Waals surface area contributed by atoms with E-state index in [4.69, 9.17) is 10.2 Å². The van der Waals surface area contributed by atoms with Gasteiger partial charge in [0.05, 0.1) is 0 Å². The van der Waals surface area contributed by atoms with Crippen molar-refractivity contribution in [1.29, 1.82) is 0 Å². The molecule has 0 amide bonds. The van der Waals surface area contributed by atoms with E-state index in [2.05, 4.69) is 0 Å². The summed E-state index contributed by atoms with van der Waals surface area (Å²) in [5.41, 5.74) is 0.0392. The van der Waals surface area contributed by atoms with Crippen LogP contribution in [0.25, 0.3) is 0 Å². The standard InChI is InChI=1S/C9H9F3O2/c10-9(11,12)8(14)7(13)6-4-2-1-3-5-6/h1-5,7-8,13-14H/t7-,8-/m0/s1. The molecule has 0 fully saturated rings. The Morgan fingerprint density at radius 2 is 1.50 bits per heavy atom. The summed E-state index contributed by atoms with van der Waals surface area (Å²) < 4.78 is 35.9. The number of aliphatic hydroxyl groups is 2. The maximum absolute atomic E-state index is 12.0. The normalized spacial score (nSPS) is 16.4. The highest BCUT2D eigenvalue weighted by Gasteiger charge is 2.43. The van der Waals surface area contributed by atoms with Crippen molar-refractivity contribution >= 4 is 0 Å². The Morgan fingerprint density at radius 3 is 1.93 bits per heavy atom. The van der Waals surface area contributed by atoms with Gasteiger partial charge in [0.25, 0.3) is 0 Å². The van der Waals surface area contributed by atoms with E-state index < -0.39 is 18.4 Å². The van der Waals surface area contributed by atoms with Gasteiger partial charge in [0.15, 0.2) is 6.10 Å². The molecule has 0 aliphatic heterocycles. The average Bonchev–Trinajstić information content (AvgIpc) is 2.15. The Bertz CT molecular complexity index is 284. The van der Waals surface area contributed by atoms with Crippen LogP contribution in [0.15, 0.2) is 30.3 Å². The topological polar surface area (TPSA) is 40.5 Å². The second-order valence-electron chi connectivity index (χ2n) is 2.84. The SMILES string of the molecule is O[C@@H](c1ccccc1)[C@H](O)C(F)(F)F. The highest BCUT2D eigenvalue weighted by Crippen LogP contribution is 2.29. The summed E-state index contributed by atoms with van der Waals surface area (Å²) in [6.07, 6.45) is -9.49. The Morgan fingerprint density at radius 1 is 1.00 bits per heavy atom. The van der Waals surface area contributed by atoms with E-state index in [9.17, 15) is 13.2 Å². The number of halogens is 3. The quantitative estimate of drug-likeness (QED) is 0.772. The van der Waals surface area contributed by atoms with Gasteiger partial charge in [-0.15, -0.1) is 0 Å². The monoisotopic (exact) mass is 206 g/mol. The van der Waals surface area contributed by atoms with Crippen molar-refractivity contribution in [3.8, 4) is 0 Å². The molecule has 1 rings (SSSR count). The van der Waals surface area contributed by atoms with Crippen LogP contribution in [0.3, 0.4) is 0 Å². The molecule has 0 aromatic heterocycles. The van der Waals surface area contributed by atoms with Gasteiger partial charge in [-0.05, 0) is 5.56 Å².